The molecule has 3 aromatic rings. The van der Waals surface area contributed by atoms with Crippen LogP contribution in [0.4, 0.5) is 10.3 Å². The van der Waals surface area contributed by atoms with E-state index in [0.717, 1.165) is 49.3 Å². The third kappa shape index (κ3) is 4.21. The lowest BCUT2D eigenvalue weighted by Gasteiger charge is -2.32. The second kappa shape index (κ2) is 8.52. The number of rotatable bonds is 5. The Morgan fingerprint density at radius 1 is 1.17 bits per heavy atom. The summed E-state index contributed by atoms with van der Waals surface area (Å²) >= 11 is 0. The maximum Gasteiger partial charge on any atom is 0.225 e. The number of likely N-dealkylation sites (tertiary alicyclic amines) is 1. The van der Waals surface area contributed by atoms with E-state index in [2.05, 4.69) is 21.9 Å². The predicted octanol–water partition coefficient (Wildman–Crippen LogP) is 3.77. The fourth-order valence-electron chi connectivity index (χ4n) is 4.10. The lowest BCUT2D eigenvalue weighted by molar-refractivity contribution is 0.203. The number of hydrogen-bond acceptors (Lipinski definition) is 5. The molecule has 0 spiro atoms. The summed E-state index contributed by atoms with van der Waals surface area (Å²) in [5, 5.41) is 4.36. The molecule has 0 amide bonds. The van der Waals surface area contributed by atoms with E-state index in [0.29, 0.717) is 11.9 Å². The summed E-state index contributed by atoms with van der Waals surface area (Å²) in [5.74, 6) is 0.784. The maximum atomic E-state index is 13.9. The Morgan fingerprint density at radius 3 is 2.57 bits per heavy atom. The molecule has 6 nitrogen and oxygen atoms in total. The Balaban J connectivity index is 1.56. The molecule has 0 saturated carbocycles. The summed E-state index contributed by atoms with van der Waals surface area (Å²) < 4.78 is 15.8. The molecule has 0 N–H and O–H groups in total. The summed E-state index contributed by atoms with van der Waals surface area (Å²) in [6.07, 6.45) is 5.85. The van der Waals surface area contributed by atoms with Crippen LogP contribution >= 0.6 is 0 Å². The smallest absolute Gasteiger partial charge is 0.225 e. The van der Waals surface area contributed by atoms with Crippen molar-refractivity contribution in [2.45, 2.75) is 32.2 Å². The van der Waals surface area contributed by atoms with Gasteiger partial charge in [0.05, 0.1) is 11.9 Å². The van der Waals surface area contributed by atoms with Gasteiger partial charge in [-0.25, -0.2) is 14.4 Å². The lowest BCUT2D eigenvalue weighted by atomic mass is 9.88. The summed E-state index contributed by atoms with van der Waals surface area (Å²) in [4.78, 5) is 13.8. The van der Waals surface area contributed by atoms with Gasteiger partial charge in [0, 0.05) is 56.6 Å². The van der Waals surface area contributed by atoms with Crippen LogP contribution in [-0.4, -0.2) is 51.8 Å². The zero-order chi connectivity index (χ0) is 21.3. The molecule has 1 aliphatic heterocycles. The van der Waals surface area contributed by atoms with E-state index >= 15 is 0 Å². The number of anilines is 1. The first-order valence-electron chi connectivity index (χ1n) is 10.4. The lowest BCUT2D eigenvalue weighted by Crippen LogP contribution is -2.33. The van der Waals surface area contributed by atoms with Crippen LogP contribution in [0.5, 0.6) is 0 Å². The number of aromatic nitrogens is 4. The summed E-state index contributed by atoms with van der Waals surface area (Å²) in [5.41, 5.74) is 5.30. The molecule has 30 heavy (non-hydrogen) atoms. The topological polar surface area (TPSA) is 50.1 Å². The third-order valence-electron chi connectivity index (χ3n) is 6.05. The van der Waals surface area contributed by atoms with Crippen LogP contribution in [0.25, 0.3) is 11.1 Å². The van der Waals surface area contributed by atoms with Crippen LogP contribution in [0, 0.1) is 12.7 Å². The average molecular weight is 409 g/mol. The van der Waals surface area contributed by atoms with E-state index < -0.39 is 0 Å². The number of nitrogens with zero attached hydrogens (tertiary/aromatic N) is 6. The quantitative estimate of drug-likeness (QED) is 0.643. The van der Waals surface area contributed by atoms with Crippen LogP contribution in [0.15, 0.2) is 36.7 Å². The van der Waals surface area contributed by atoms with Gasteiger partial charge in [0.1, 0.15) is 5.82 Å². The molecule has 3 heterocycles. The standard InChI is InChI=1S/C23H29FN6/c1-16-19(13-26-29(16)4)15-30-10-8-17(9-11-30)22-21(14-25-23(27-22)28(2)3)18-6-5-7-20(24)12-18/h5-7,12-14,17H,8-11,15H2,1-4H3. The van der Waals surface area contributed by atoms with Crippen LogP contribution in [0.1, 0.15) is 35.7 Å². The van der Waals surface area contributed by atoms with Gasteiger partial charge >= 0.3 is 0 Å². The molecule has 1 fully saturated rings. The van der Waals surface area contributed by atoms with Gasteiger partial charge in [-0.3, -0.25) is 9.58 Å². The van der Waals surface area contributed by atoms with Gasteiger partial charge in [-0.1, -0.05) is 12.1 Å². The molecular formula is C23H29FN6. The largest absolute Gasteiger partial charge is 0.347 e. The monoisotopic (exact) mass is 408 g/mol. The number of aryl methyl sites for hydroxylation is 1. The molecule has 0 unspecified atom stereocenters. The SMILES string of the molecule is Cc1c(CN2CCC(c3nc(N(C)C)ncc3-c3cccc(F)c3)CC2)cnn1C. The van der Waals surface area contributed by atoms with Crippen molar-refractivity contribution in [2.75, 3.05) is 32.1 Å². The van der Waals surface area contributed by atoms with Gasteiger partial charge in [0.15, 0.2) is 0 Å². The van der Waals surface area contributed by atoms with E-state index in [1.165, 1.54) is 17.3 Å². The predicted molar refractivity (Wildman–Crippen MR) is 117 cm³/mol. The minimum absolute atomic E-state index is 0.239. The molecule has 1 saturated heterocycles. The molecule has 0 bridgehead atoms. The first kappa shape index (κ1) is 20.5. The van der Waals surface area contributed by atoms with Crippen LogP contribution in [-0.2, 0) is 13.6 Å². The first-order chi connectivity index (χ1) is 14.4. The van der Waals surface area contributed by atoms with Crippen molar-refractivity contribution in [1.82, 2.24) is 24.6 Å². The van der Waals surface area contributed by atoms with Gasteiger partial charge < -0.3 is 4.90 Å². The van der Waals surface area contributed by atoms with Gasteiger partial charge in [-0.15, -0.1) is 0 Å². The van der Waals surface area contributed by atoms with Gasteiger partial charge in [0.25, 0.3) is 0 Å². The van der Waals surface area contributed by atoms with Crippen molar-refractivity contribution in [3.8, 4) is 11.1 Å². The second-order valence-corrected chi connectivity index (χ2v) is 8.30. The van der Waals surface area contributed by atoms with Gasteiger partial charge in [0.2, 0.25) is 5.95 Å². The molecule has 0 aliphatic carbocycles. The van der Waals surface area contributed by atoms with E-state index in [1.807, 2.05) is 49.2 Å². The fraction of sp³-hybridized carbons (Fsp3) is 0.435. The van der Waals surface area contributed by atoms with Crippen molar-refractivity contribution >= 4 is 5.95 Å². The summed E-state index contributed by atoms with van der Waals surface area (Å²) in [7, 11) is 5.87. The first-order valence-corrected chi connectivity index (χ1v) is 10.4. The highest BCUT2D eigenvalue weighted by Crippen LogP contribution is 2.35. The fourth-order valence-corrected chi connectivity index (χ4v) is 4.10. The molecule has 7 heteroatoms. The van der Waals surface area contributed by atoms with Gasteiger partial charge in [-0.2, -0.15) is 5.10 Å². The zero-order valence-electron chi connectivity index (χ0n) is 18.1. The summed E-state index contributed by atoms with van der Waals surface area (Å²) in [6, 6.07) is 6.71. The molecule has 0 atom stereocenters. The molecule has 2 aromatic heterocycles. The number of halogens is 1. The molecule has 4 rings (SSSR count). The van der Waals surface area contributed by atoms with Crippen molar-refractivity contribution in [1.29, 1.82) is 0 Å². The Kier molecular flexibility index (Phi) is 5.81. The Labute approximate surface area is 177 Å². The van der Waals surface area contributed by atoms with E-state index in [4.69, 9.17) is 4.98 Å². The van der Waals surface area contributed by atoms with Gasteiger partial charge in [-0.05, 0) is 50.6 Å². The molecule has 1 aromatic carbocycles. The molecule has 0 radical (unpaired) electrons. The van der Waals surface area contributed by atoms with E-state index in [-0.39, 0.29) is 5.82 Å². The molecule has 1 aliphatic rings. The summed E-state index contributed by atoms with van der Waals surface area (Å²) in [6.45, 7) is 5.05. The highest BCUT2D eigenvalue weighted by atomic mass is 19.1. The van der Waals surface area contributed by atoms with Crippen molar-refractivity contribution in [3.63, 3.8) is 0 Å². The molecular weight excluding hydrogens is 379 g/mol. The number of hydrogen-bond donors (Lipinski definition) is 0. The third-order valence-corrected chi connectivity index (χ3v) is 6.05. The minimum Gasteiger partial charge on any atom is -0.347 e. The number of piperidine rings is 1. The minimum atomic E-state index is -0.239. The highest BCUT2D eigenvalue weighted by Gasteiger charge is 2.26. The van der Waals surface area contributed by atoms with Crippen molar-refractivity contribution in [3.05, 3.63) is 59.4 Å². The van der Waals surface area contributed by atoms with Crippen LogP contribution < -0.4 is 4.90 Å². The zero-order valence-corrected chi connectivity index (χ0v) is 18.1. The Bertz CT molecular complexity index is 1020. The van der Waals surface area contributed by atoms with E-state index in [9.17, 15) is 4.39 Å². The maximum absolute atomic E-state index is 13.9. The Hall–Kier alpha value is -2.80. The average Bonchev–Trinajstić information content (AvgIpc) is 3.06. The normalized spacial score (nSPS) is 15.5. The van der Waals surface area contributed by atoms with E-state index in [1.54, 1.807) is 12.1 Å². The number of benzene rings is 1. The molecule has 158 valence electrons. The van der Waals surface area contributed by atoms with Crippen LogP contribution in [0.2, 0.25) is 0 Å². The Morgan fingerprint density at radius 2 is 1.93 bits per heavy atom. The van der Waals surface area contributed by atoms with Crippen molar-refractivity contribution in [2.24, 2.45) is 7.05 Å². The second-order valence-electron chi connectivity index (χ2n) is 8.30. The van der Waals surface area contributed by atoms with Crippen molar-refractivity contribution < 1.29 is 4.39 Å². The highest BCUT2D eigenvalue weighted by molar-refractivity contribution is 5.66. The van der Waals surface area contributed by atoms with Crippen LogP contribution in [0.3, 0.4) is 0 Å².